The quantitative estimate of drug-likeness (QED) is 0.798. The summed E-state index contributed by atoms with van der Waals surface area (Å²) in [6.07, 6.45) is 1.43. The minimum Gasteiger partial charge on any atom is -0.261 e. The summed E-state index contributed by atoms with van der Waals surface area (Å²) in [5, 5.41) is 0. The van der Waals surface area contributed by atoms with E-state index in [2.05, 4.69) is 46.5 Å². The van der Waals surface area contributed by atoms with Gasteiger partial charge in [-0.2, -0.15) is 0 Å². The number of hydrogen-bond donors (Lipinski definition) is 1. The molecule has 0 spiro atoms. The van der Waals surface area contributed by atoms with Crippen LogP contribution in [-0.2, 0) is 10.0 Å². The standard InChI is InChI=1S/C13H13Br2N3O2S/c1-7-4-8(2)11(9(3)5-7)21(19,20)18-13-12(15)17-10(14)6-16-13/h4-6H,1-3H3,(H,16,18). The predicted molar refractivity (Wildman–Crippen MR) is 88.9 cm³/mol. The molecule has 112 valence electrons. The maximum Gasteiger partial charge on any atom is 0.263 e. The van der Waals surface area contributed by atoms with E-state index in [-0.39, 0.29) is 10.7 Å². The number of benzene rings is 1. The third-order valence-corrected chi connectivity index (χ3v) is 5.38. The van der Waals surface area contributed by atoms with Crippen LogP contribution in [0.1, 0.15) is 16.7 Å². The zero-order valence-corrected chi connectivity index (χ0v) is 15.6. The van der Waals surface area contributed by atoms with Crippen LogP contribution in [0.5, 0.6) is 0 Å². The van der Waals surface area contributed by atoms with Crippen LogP contribution in [0.25, 0.3) is 0 Å². The molecular formula is C13H13Br2N3O2S. The molecular weight excluding hydrogens is 422 g/mol. The monoisotopic (exact) mass is 433 g/mol. The Labute approximate surface area is 140 Å². The van der Waals surface area contributed by atoms with Crippen molar-refractivity contribution in [3.63, 3.8) is 0 Å². The molecule has 0 saturated carbocycles. The summed E-state index contributed by atoms with van der Waals surface area (Å²) in [5.74, 6) is 0.151. The Morgan fingerprint density at radius 3 is 2.19 bits per heavy atom. The number of hydrogen-bond acceptors (Lipinski definition) is 4. The summed E-state index contributed by atoms with van der Waals surface area (Å²) in [5.41, 5.74) is 2.41. The first-order valence-corrected chi connectivity index (χ1v) is 9.06. The van der Waals surface area contributed by atoms with Crippen LogP contribution in [0.3, 0.4) is 0 Å². The number of nitrogens with one attached hydrogen (secondary N) is 1. The molecule has 0 bridgehead atoms. The van der Waals surface area contributed by atoms with Crippen molar-refractivity contribution in [3.05, 3.63) is 44.2 Å². The fraction of sp³-hybridized carbons (Fsp3) is 0.231. The van der Waals surface area contributed by atoms with Gasteiger partial charge in [0.25, 0.3) is 10.0 Å². The molecule has 1 N–H and O–H groups in total. The Balaban J connectivity index is 2.48. The van der Waals surface area contributed by atoms with Crippen LogP contribution in [0.15, 0.2) is 32.4 Å². The summed E-state index contributed by atoms with van der Waals surface area (Å²) in [4.78, 5) is 8.34. The van der Waals surface area contributed by atoms with Gasteiger partial charge in [-0.3, -0.25) is 4.72 Å². The van der Waals surface area contributed by atoms with Crippen molar-refractivity contribution >= 4 is 47.7 Å². The van der Waals surface area contributed by atoms with E-state index in [1.165, 1.54) is 6.20 Å². The molecule has 21 heavy (non-hydrogen) atoms. The minimum absolute atomic E-state index is 0.151. The zero-order valence-electron chi connectivity index (χ0n) is 11.6. The van der Waals surface area contributed by atoms with E-state index in [1.807, 2.05) is 19.1 Å². The molecule has 0 amide bonds. The van der Waals surface area contributed by atoms with E-state index >= 15 is 0 Å². The van der Waals surface area contributed by atoms with Gasteiger partial charge in [0.05, 0.1) is 11.1 Å². The smallest absolute Gasteiger partial charge is 0.261 e. The highest BCUT2D eigenvalue weighted by Crippen LogP contribution is 2.26. The Morgan fingerprint density at radius 2 is 1.67 bits per heavy atom. The van der Waals surface area contributed by atoms with Crippen molar-refractivity contribution in [2.75, 3.05) is 4.72 Å². The Morgan fingerprint density at radius 1 is 1.10 bits per heavy atom. The first-order chi connectivity index (χ1) is 9.70. The van der Waals surface area contributed by atoms with Gasteiger partial charge >= 0.3 is 0 Å². The van der Waals surface area contributed by atoms with E-state index in [0.29, 0.717) is 20.3 Å². The van der Waals surface area contributed by atoms with Crippen molar-refractivity contribution in [2.24, 2.45) is 0 Å². The lowest BCUT2D eigenvalue weighted by atomic mass is 10.1. The highest BCUT2D eigenvalue weighted by atomic mass is 79.9. The summed E-state index contributed by atoms with van der Waals surface area (Å²) in [6.45, 7) is 5.48. The molecule has 2 aromatic rings. The average Bonchev–Trinajstić information content (AvgIpc) is 2.30. The molecule has 0 saturated heterocycles. The lowest BCUT2D eigenvalue weighted by Crippen LogP contribution is -2.17. The van der Waals surface area contributed by atoms with Crippen molar-refractivity contribution in [1.82, 2.24) is 9.97 Å². The van der Waals surface area contributed by atoms with Crippen molar-refractivity contribution in [2.45, 2.75) is 25.7 Å². The van der Waals surface area contributed by atoms with Crippen molar-refractivity contribution < 1.29 is 8.42 Å². The molecule has 8 heteroatoms. The molecule has 1 heterocycles. The highest BCUT2D eigenvalue weighted by molar-refractivity contribution is 9.11. The number of halogens is 2. The van der Waals surface area contributed by atoms with Gasteiger partial charge in [0.2, 0.25) is 0 Å². The molecule has 0 fully saturated rings. The zero-order chi connectivity index (χ0) is 15.8. The largest absolute Gasteiger partial charge is 0.263 e. The van der Waals surface area contributed by atoms with Gasteiger partial charge in [-0.05, 0) is 63.8 Å². The van der Waals surface area contributed by atoms with E-state index < -0.39 is 10.0 Å². The summed E-state index contributed by atoms with van der Waals surface area (Å²) < 4.78 is 28.5. The second kappa shape index (κ2) is 6.02. The van der Waals surface area contributed by atoms with Gasteiger partial charge in [-0.15, -0.1) is 0 Å². The summed E-state index contributed by atoms with van der Waals surface area (Å²) >= 11 is 6.36. The van der Waals surface area contributed by atoms with Gasteiger partial charge in [0.15, 0.2) is 10.4 Å². The normalized spacial score (nSPS) is 11.5. The lowest BCUT2D eigenvalue weighted by Gasteiger charge is -2.13. The second-order valence-corrected chi connectivity index (χ2v) is 7.85. The van der Waals surface area contributed by atoms with Crippen LogP contribution in [0, 0.1) is 20.8 Å². The maximum atomic E-state index is 12.6. The van der Waals surface area contributed by atoms with Crippen molar-refractivity contribution in [3.8, 4) is 0 Å². The third kappa shape index (κ3) is 3.61. The van der Waals surface area contributed by atoms with Crippen LogP contribution in [-0.4, -0.2) is 18.4 Å². The van der Waals surface area contributed by atoms with Crippen molar-refractivity contribution in [1.29, 1.82) is 0 Å². The van der Waals surface area contributed by atoms with E-state index in [9.17, 15) is 8.42 Å². The predicted octanol–water partition coefficient (Wildman–Crippen LogP) is 3.73. The first-order valence-electron chi connectivity index (χ1n) is 5.99. The van der Waals surface area contributed by atoms with Crippen LogP contribution in [0.2, 0.25) is 0 Å². The van der Waals surface area contributed by atoms with E-state index in [0.717, 1.165) is 5.56 Å². The number of aromatic nitrogens is 2. The Bertz CT molecular complexity index is 784. The first kappa shape index (κ1) is 16.4. The molecule has 0 radical (unpaired) electrons. The number of aryl methyl sites for hydroxylation is 3. The number of sulfonamides is 1. The summed E-state index contributed by atoms with van der Waals surface area (Å²) in [7, 11) is -3.72. The Kier molecular flexibility index (Phi) is 4.69. The van der Waals surface area contributed by atoms with Crippen LogP contribution >= 0.6 is 31.9 Å². The van der Waals surface area contributed by atoms with E-state index in [1.54, 1.807) is 13.8 Å². The molecule has 1 aromatic heterocycles. The fourth-order valence-corrected chi connectivity index (χ4v) is 4.70. The van der Waals surface area contributed by atoms with E-state index in [4.69, 9.17) is 0 Å². The number of rotatable bonds is 3. The van der Waals surface area contributed by atoms with Gasteiger partial charge in [0, 0.05) is 0 Å². The minimum atomic E-state index is -3.72. The topological polar surface area (TPSA) is 72.0 Å². The molecule has 0 unspecified atom stereocenters. The maximum absolute atomic E-state index is 12.6. The molecule has 0 aliphatic carbocycles. The van der Waals surface area contributed by atoms with Crippen LogP contribution < -0.4 is 4.72 Å². The Hall–Kier alpha value is -0.990. The van der Waals surface area contributed by atoms with Gasteiger partial charge in [-0.1, -0.05) is 17.7 Å². The molecule has 5 nitrogen and oxygen atoms in total. The lowest BCUT2D eigenvalue weighted by molar-refractivity contribution is 0.599. The number of anilines is 1. The van der Waals surface area contributed by atoms with Gasteiger partial charge in [-0.25, -0.2) is 18.4 Å². The molecule has 0 aliphatic rings. The SMILES string of the molecule is Cc1cc(C)c(S(=O)(=O)Nc2ncc(Br)nc2Br)c(C)c1. The third-order valence-electron chi connectivity index (χ3n) is 2.80. The average molecular weight is 435 g/mol. The number of nitrogens with zero attached hydrogens (tertiary/aromatic N) is 2. The second-order valence-electron chi connectivity index (χ2n) is 4.67. The highest BCUT2D eigenvalue weighted by Gasteiger charge is 2.21. The molecule has 1 aromatic carbocycles. The fourth-order valence-electron chi connectivity index (χ4n) is 2.18. The molecule has 0 aliphatic heterocycles. The van der Waals surface area contributed by atoms with Gasteiger partial charge in [0.1, 0.15) is 4.60 Å². The molecule has 0 atom stereocenters. The molecule has 2 rings (SSSR count). The van der Waals surface area contributed by atoms with Crippen LogP contribution in [0.4, 0.5) is 5.82 Å². The summed E-state index contributed by atoms with van der Waals surface area (Å²) in [6, 6.07) is 3.67. The van der Waals surface area contributed by atoms with Gasteiger partial charge < -0.3 is 0 Å².